The lowest BCUT2D eigenvalue weighted by atomic mass is 10.0. The van der Waals surface area contributed by atoms with Crippen molar-refractivity contribution >= 4 is 23.2 Å². The minimum Gasteiger partial charge on any atom is -0.494 e. The van der Waals surface area contributed by atoms with Crippen molar-refractivity contribution in [1.82, 2.24) is 15.8 Å². The van der Waals surface area contributed by atoms with Gasteiger partial charge in [0.15, 0.2) is 0 Å². The quantitative estimate of drug-likeness (QED) is 0.615. The van der Waals surface area contributed by atoms with E-state index in [0.29, 0.717) is 0 Å². The number of hydrogen-bond acceptors (Lipinski definition) is 5. The molecule has 6 nitrogen and oxygen atoms in total. The first-order valence-corrected chi connectivity index (χ1v) is 12.0. The summed E-state index contributed by atoms with van der Waals surface area (Å²) in [6.07, 6.45) is 2.93. The fourth-order valence-corrected chi connectivity index (χ4v) is 4.55. The van der Waals surface area contributed by atoms with Gasteiger partial charge in [-0.25, -0.2) is 10.9 Å². The van der Waals surface area contributed by atoms with Gasteiger partial charge in [-0.15, -0.1) is 0 Å². The van der Waals surface area contributed by atoms with Gasteiger partial charge in [-0.2, -0.15) is 0 Å². The lowest BCUT2D eigenvalue weighted by Crippen LogP contribution is -2.53. The summed E-state index contributed by atoms with van der Waals surface area (Å²) in [4.78, 5) is 17.4. The van der Waals surface area contributed by atoms with Gasteiger partial charge in [0.25, 0.3) is 0 Å². The molecule has 0 aliphatic carbocycles. The number of carbonyl (C=O) groups is 1. The van der Waals surface area contributed by atoms with E-state index in [1.807, 2.05) is 35.2 Å². The lowest BCUT2D eigenvalue weighted by molar-refractivity contribution is -0.133. The second kappa shape index (κ2) is 10.6. The van der Waals surface area contributed by atoms with Crippen LogP contribution in [0.25, 0.3) is 0 Å². The average Bonchev–Trinajstić information content (AvgIpc) is 3.31. The second-order valence-corrected chi connectivity index (χ2v) is 9.08. The zero-order valence-corrected chi connectivity index (χ0v) is 19.7. The number of anilines is 1. The molecule has 2 aromatic carbocycles. The fourth-order valence-electron chi connectivity index (χ4n) is 4.38. The summed E-state index contributed by atoms with van der Waals surface area (Å²) in [5, 5.41) is 0.747. The Labute approximate surface area is 195 Å². The van der Waals surface area contributed by atoms with Crippen molar-refractivity contribution in [1.29, 1.82) is 0 Å². The molecular formula is C25H33ClN4O2. The molecule has 172 valence electrons. The summed E-state index contributed by atoms with van der Waals surface area (Å²) >= 11 is 6.19. The number of ether oxygens (including phenoxy) is 1. The van der Waals surface area contributed by atoms with Gasteiger partial charge < -0.3 is 14.5 Å². The molecule has 1 amide bonds. The van der Waals surface area contributed by atoms with Crippen LogP contribution in [0.15, 0.2) is 42.5 Å². The molecule has 2 heterocycles. The molecule has 2 unspecified atom stereocenters. The Morgan fingerprint density at radius 2 is 1.84 bits per heavy atom. The van der Waals surface area contributed by atoms with E-state index in [2.05, 4.69) is 41.7 Å². The van der Waals surface area contributed by atoms with Crippen molar-refractivity contribution in [2.75, 3.05) is 37.7 Å². The molecule has 2 fully saturated rings. The van der Waals surface area contributed by atoms with Crippen molar-refractivity contribution in [2.45, 2.75) is 45.2 Å². The van der Waals surface area contributed by atoms with Crippen molar-refractivity contribution in [3.63, 3.8) is 0 Å². The molecular weight excluding hydrogens is 424 g/mol. The topological polar surface area (TPSA) is 56.8 Å². The molecule has 2 N–H and O–H groups in total. The molecule has 2 aliphatic rings. The Kier molecular flexibility index (Phi) is 7.55. The average molecular weight is 457 g/mol. The number of rotatable bonds is 7. The maximum absolute atomic E-state index is 13.1. The number of halogens is 1. The van der Waals surface area contributed by atoms with Gasteiger partial charge in [-0.05, 0) is 55.2 Å². The molecule has 0 spiro atoms. The first-order valence-electron chi connectivity index (χ1n) is 11.6. The monoisotopic (exact) mass is 456 g/mol. The first-order chi connectivity index (χ1) is 15.5. The van der Waals surface area contributed by atoms with Gasteiger partial charge >= 0.3 is 0 Å². The minimum atomic E-state index is -0.208. The maximum atomic E-state index is 13.1. The highest BCUT2D eigenvalue weighted by atomic mass is 35.5. The standard InChI is InChI=1S/C25H33ClN4O2/c1-3-4-15-32-21-9-6-19(7-10-21)22-17-23(28-27-22)25(31)30-13-11-29(12-14-30)24-16-20(26)8-5-18(24)2/h5-10,16,22-23,27-28H,3-4,11-15,17H2,1-2H3. The molecule has 0 radical (unpaired) electrons. The lowest BCUT2D eigenvalue weighted by Gasteiger charge is -2.37. The summed E-state index contributed by atoms with van der Waals surface area (Å²) in [5.41, 5.74) is 10.0. The van der Waals surface area contributed by atoms with E-state index in [1.54, 1.807) is 0 Å². The minimum absolute atomic E-state index is 0.115. The number of piperazine rings is 1. The van der Waals surface area contributed by atoms with E-state index in [0.717, 1.165) is 74.1 Å². The van der Waals surface area contributed by atoms with Crippen LogP contribution in [0.3, 0.4) is 0 Å². The van der Waals surface area contributed by atoms with Crippen LogP contribution in [0.1, 0.15) is 43.4 Å². The van der Waals surface area contributed by atoms with E-state index >= 15 is 0 Å². The molecule has 32 heavy (non-hydrogen) atoms. The third kappa shape index (κ3) is 5.37. The summed E-state index contributed by atoms with van der Waals surface area (Å²) in [6.45, 7) is 8.07. The highest BCUT2D eigenvalue weighted by molar-refractivity contribution is 6.30. The Balaban J connectivity index is 1.28. The van der Waals surface area contributed by atoms with E-state index in [1.165, 1.54) is 5.56 Å². The van der Waals surface area contributed by atoms with Crippen molar-refractivity contribution in [3.05, 3.63) is 58.6 Å². The van der Waals surface area contributed by atoms with Crippen molar-refractivity contribution < 1.29 is 9.53 Å². The zero-order valence-electron chi connectivity index (χ0n) is 18.9. The Hall–Kier alpha value is -2.28. The predicted octanol–water partition coefficient (Wildman–Crippen LogP) is 4.08. The normalized spacial score (nSPS) is 21.1. The number of nitrogens with one attached hydrogen (secondary N) is 2. The molecule has 0 bridgehead atoms. The summed E-state index contributed by atoms with van der Waals surface area (Å²) in [6, 6.07) is 14.1. The molecule has 2 aliphatic heterocycles. The van der Waals surface area contributed by atoms with Crippen molar-refractivity contribution in [3.8, 4) is 5.75 Å². The molecule has 7 heteroatoms. The predicted molar refractivity (Wildman–Crippen MR) is 129 cm³/mol. The Morgan fingerprint density at radius 3 is 2.56 bits per heavy atom. The van der Waals surface area contributed by atoms with E-state index in [9.17, 15) is 4.79 Å². The van der Waals surface area contributed by atoms with Crippen LogP contribution in [0, 0.1) is 6.92 Å². The van der Waals surface area contributed by atoms with Crippen LogP contribution in [0.2, 0.25) is 5.02 Å². The van der Waals surface area contributed by atoms with Crippen molar-refractivity contribution in [2.24, 2.45) is 0 Å². The van der Waals surface area contributed by atoms with Crippen LogP contribution < -0.4 is 20.5 Å². The van der Waals surface area contributed by atoms with E-state index < -0.39 is 0 Å². The summed E-state index contributed by atoms with van der Waals surface area (Å²) in [7, 11) is 0. The van der Waals surface area contributed by atoms with Gasteiger partial charge in [0.2, 0.25) is 5.91 Å². The maximum Gasteiger partial charge on any atom is 0.241 e. The van der Waals surface area contributed by atoms with Gasteiger partial charge in [0.05, 0.1) is 6.61 Å². The zero-order chi connectivity index (χ0) is 22.5. The molecule has 0 saturated carbocycles. The SMILES string of the molecule is CCCCOc1ccc(C2CC(C(=O)N3CCN(c4cc(Cl)ccc4C)CC3)NN2)cc1. The highest BCUT2D eigenvalue weighted by Crippen LogP contribution is 2.27. The molecule has 4 rings (SSSR count). The summed E-state index contributed by atoms with van der Waals surface area (Å²) < 4.78 is 5.75. The largest absolute Gasteiger partial charge is 0.494 e. The number of nitrogens with zero attached hydrogens (tertiary/aromatic N) is 2. The van der Waals surface area contributed by atoms with Crippen LogP contribution in [-0.2, 0) is 4.79 Å². The number of unbranched alkanes of at least 4 members (excludes halogenated alkanes) is 1. The second-order valence-electron chi connectivity index (χ2n) is 8.64. The molecule has 0 aromatic heterocycles. The molecule has 2 saturated heterocycles. The first kappa shape index (κ1) is 22.9. The Bertz CT molecular complexity index is 913. The van der Waals surface area contributed by atoms with Gasteiger partial charge in [-0.3, -0.25) is 4.79 Å². The smallest absolute Gasteiger partial charge is 0.241 e. The van der Waals surface area contributed by atoms with Gasteiger partial charge in [-0.1, -0.05) is 43.1 Å². The summed E-state index contributed by atoms with van der Waals surface area (Å²) in [5.74, 6) is 1.07. The number of amides is 1. The Morgan fingerprint density at radius 1 is 1.09 bits per heavy atom. The molecule has 2 atom stereocenters. The van der Waals surface area contributed by atoms with Crippen LogP contribution in [0.4, 0.5) is 5.69 Å². The van der Waals surface area contributed by atoms with Crippen LogP contribution >= 0.6 is 11.6 Å². The van der Waals surface area contributed by atoms with E-state index in [4.69, 9.17) is 16.3 Å². The number of carbonyl (C=O) groups excluding carboxylic acids is 1. The highest BCUT2D eigenvalue weighted by Gasteiger charge is 2.34. The van der Waals surface area contributed by atoms with Crippen LogP contribution in [-0.4, -0.2) is 49.6 Å². The van der Waals surface area contributed by atoms with E-state index in [-0.39, 0.29) is 18.0 Å². The van der Waals surface area contributed by atoms with Crippen LogP contribution in [0.5, 0.6) is 5.75 Å². The number of hydrogen-bond donors (Lipinski definition) is 2. The van der Waals surface area contributed by atoms with Gasteiger partial charge in [0.1, 0.15) is 11.8 Å². The number of aryl methyl sites for hydroxylation is 1. The number of benzene rings is 2. The van der Waals surface area contributed by atoms with Gasteiger partial charge in [0, 0.05) is 42.9 Å². The number of hydrazine groups is 1. The fraction of sp³-hybridized carbons (Fsp3) is 0.480. The molecule has 2 aromatic rings. The third-order valence-electron chi connectivity index (χ3n) is 6.35. The third-order valence-corrected chi connectivity index (χ3v) is 6.59.